The van der Waals surface area contributed by atoms with Crippen molar-refractivity contribution in [3.63, 3.8) is 0 Å². The first kappa shape index (κ1) is 20.6. The van der Waals surface area contributed by atoms with Gasteiger partial charge in [-0.3, -0.25) is 4.79 Å². The SMILES string of the molecule is CC(C)OC(=O)c1cc2c(ccn2-c2ccc(F)cc2)n1CC(=O)NC(C)(C)C. The van der Waals surface area contributed by atoms with Crippen LogP contribution in [0.2, 0.25) is 0 Å². The molecular weight excluding hydrogens is 373 g/mol. The summed E-state index contributed by atoms with van der Waals surface area (Å²) in [6, 6.07) is 9.60. The Morgan fingerprint density at radius 2 is 1.76 bits per heavy atom. The average Bonchev–Trinajstić information content (AvgIpc) is 3.14. The van der Waals surface area contributed by atoms with E-state index in [0.717, 1.165) is 11.2 Å². The molecule has 0 aliphatic rings. The van der Waals surface area contributed by atoms with Gasteiger partial charge in [0.1, 0.15) is 18.1 Å². The normalized spacial score (nSPS) is 11.8. The summed E-state index contributed by atoms with van der Waals surface area (Å²) in [4.78, 5) is 25.2. The van der Waals surface area contributed by atoms with Gasteiger partial charge in [0.25, 0.3) is 0 Å². The maximum absolute atomic E-state index is 13.3. The zero-order chi connectivity index (χ0) is 21.3. The minimum atomic E-state index is -0.495. The van der Waals surface area contributed by atoms with Gasteiger partial charge < -0.3 is 19.2 Å². The van der Waals surface area contributed by atoms with E-state index in [2.05, 4.69) is 5.32 Å². The van der Waals surface area contributed by atoms with E-state index < -0.39 is 5.97 Å². The fourth-order valence-corrected chi connectivity index (χ4v) is 3.19. The number of halogens is 1. The second-order valence-corrected chi connectivity index (χ2v) is 8.30. The summed E-state index contributed by atoms with van der Waals surface area (Å²) >= 11 is 0. The van der Waals surface area contributed by atoms with Crippen LogP contribution in [-0.4, -0.2) is 32.7 Å². The maximum Gasteiger partial charge on any atom is 0.355 e. The summed E-state index contributed by atoms with van der Waals surface area (Å²) in [5.74, 6) is -1.02. The minimum Gasteiger partial charge on any atom is -0.458 e. The van der Waals surface area contributed by atoms with Gasteiger partial charge in [-0.25, -0.2) is 9.18 Å². The molecule has 154 valence electrons. The molecule has 0 saturated heterocycles. The molecule has 0 unspecified atom stereocenters. The number of hydrogen-bond acceptors (Lipinski definition) is 3. The summed E-state index contributed by atoms with van der Waals surface area (Å²) < 4.78 is 22.2. The number of fused-ring (bicyclic) bond motifs is 1. The molecule has 3 aromatic rings. The molecule has 0 spiro atoms. The van der Waals surface area contributed by atoms with Crippen LogP contribution >= 0.6 is 0 Å². The van der Waals surface area contributed by atoms with E-state index in [4.69, 9.17) is 4.74 Å². The third kappa shape index (κ3) is 4.67. The highest BCUT2D eigenvalue weighted by atomic mass is 19.1. The van der Waals surface area contributed by atoms with Gasteiger partial charge in [0.2, 0.25) is 5.91 Å². The standard InChI is InChI=1S/C22H26FN3O3/c1-14(2)29-21(28)19-12-18-17(26(19)13-20(27)24-22(3,4)5)10-11-25(18)16-8-6-15(23)7-9-16/h6-12,14H,13H2,1-5H3,(H,24,27). The molecule has 6 nitrogen and oxygen atoms in total. The Balaban J connectivity index is 2.07. The van der Waals surface area contributed by atoms with E-state index in [1.807, 2.05) is 37.6 Å². The van der Waals surface area contributed by atoms with E-state index in [0.29, 0.717) is 11.2 Å². The predicted octanol–water partition coefficient (Wildman–Crippen LogP) is 4.05. The highest BCUT2D eigenvalue weighted by molar-refractivity contribution is 5.96. The number of carbonyl (C=O) groups is 2. The molecule has 1 amide bonds. The Kier molecular flexibility index (Phi) is 5.50. The highest BCUT2D eigenvalue weighted by Gasteiger charge is 2.23. The topological polar surface area (TPSA) is 65.3 Å². The fraction of sp³-hybridized carbons (Fsp3) is 0.364. The van der Waals surface area contributed by atoms with Crippen LogP contribution in [0.4, 0.5) is 4.39 Å². The number of rotatable bonds is 5. The largest absolute Gasteiger partial charge is 0.458 e. The fourth-order valence-electron chi connectivity index (χ4n) is 3.19. The Bertz CT molecular complexity index is 1040. The van der Waals surface area contributed by atoms with Gasteiger partial charge in [0.05, 0.1) is 17.1 Å². The number of nitrogens with one attached hydrogen (secondary N) is 1. The van der Waals surface area contributed by atoms with Gasteiger partial charge in [-0.1, -0.05) is 0 Å². The summed E-state index contributed by atoms with van der Waals surface area (Å²) in [6.45, 7) is 9.22. The number of nitrogens with zero attached hydrogens (tertiary/aromatic N) is 2. The molecule has 1 aromatic carbocycles. The number of amides is 1. The second kappa shape index (κ2) is 7.73. The number of aromatic nitrogens is 2. The lowest BCUT2D eigenvalue weighted by atomic mass is 10.1. The van der Waals surface area contributed by atoms with Crippen molar-refractivity contribution >= 4 is 22.9 Å². The molecular formula is C22H26FN3O3. The summed E-state index contributed by atoms with van der Waals surface area (Å²) in [5, 5.41) is 2.91. The molecule has 0 saturated carbocycles. The Hall–Kier alpha value is -3.09. The number of ether oxygens (including phenoxy) is 1. The van der Waals surface area contributed by atoms with Crippen LogP contribution in [0.15, 0.2) is 42.6 Å². The smallest absolute Gasteiger partial charge is 0.355 e. The molecule has 0 fully saturated rings. The van der Waals surface area contributed by atoms with Crippen LogP contribution in [0.25, 0.3) is 16.7 Å². The molecule has 29 heavy (non-hydrogen) atoms. The van der Waals surface area contributed by atoms with Crippen LogP contribution < -0.4 is 5.32 Å². The van der Waals surface area contributed by atoms with Gasteiger partial charge in [-0.2, -0.15) is 0 Å². The van der Waals surface area contributed by atoms with Crippen LogP contribution in [0.3, 0.4) is 0 Å². The quantitative estimate of drug-likeness (QED) is 0.658. The molecule has 2 heterocycles. The van der Waals surface area contributed by atoms with Crippen molar-refractivity contribution in [3.8, 4) is 5.69 Å². The number of benzene rings is 1. The Labute approximate surface area is 169 Å². The second-order valence-electron chi connectivity index (χ2n) is 8.30. The lowest BCUT2D eigenvalue weighted by molar-refractivity contribution is -0.123. The molecule has 3 rings (SSSR count). The highest BCUT2D eigenvalue weighted by Crippen LogP contribution is 2.26. The van der Waals surface area contributed by atoms with E-state index in [1.165, 1.54) is 12.1 Å². The summed E-state index contributed by atoms with van der Waals surface area (Å²) in [6.07, 6.45) is 1.54. The Morgan fingerprint density at radius 1 is 1.10 bits per heavy atom. The monoisotopic (exact) mass is 399 g/mol. The molecule has 0 atom stereocenters. The molecule has 0 bridgehead atoms. The van der Waals surface area contributed by atoms with E-state index in [9.17, 15) is 14.0 Å². The first-order chi connectivity index (χ1) is 13.5. The van der Waals surface area contributed by atoms with Crippen molar-refractivity contribution in [2.45, 2.75) is 52.8 Å². The number of esters is 1. The lowest BCUT2D eigenvalue weighted by Gasteiger charge is -2.21. The molecule has 7 heteroatoms. The first-order valence-corrected chi connectivity index (χ1v) is 9.53. The van der Waals surface area contributed by atoms with Crippen molar-refractivity contribution in [2.75, 3.05) is 0 Å². The zero-order valence-corrected chi connectivity index (χ0v) is 17.3. The molecule has 1 N–H and O–H groups in total. The van der Waals surface area contributed by atoms with Crippen molar-refractivity contribution in [2.24, 2.45) is 0 Å². The van der Waals surface area contributed by atoms with Gasteiger partial charge in [-0.15, -0.1) is 0 Å². The Morgan fingerprint density at radius 3 is 2.34 bits per heavy atom. The minimum absolute atomic E-state index is 0.0171. The lowest BCUT2D eigenvalue weighted by Crippen LogP contribution is -2.42. The third-order valence-corrected chi connectivity index (χ3v) is 4.23. The van der Waals surface area contributed by atoms with Crippen molar-refractivity contribution in [1.29, 1.82) is 0 Å². The van der Waals surface area contributed by atoms with Gasteiger partial charge in [-0.05, 0) is 71.0 Å². The third-order valence-electron chi connectivity index (χ3n) is 4.23. The van der Waals surface area contributed by atoms with Crippen molar-refractivity contribution in [3.05, 3.63) is 54.1 Å². The van der Waals surface area contributed by atoms with Crippen LogP contribution in [0.5, 0.6) is 0 Å². The number of carbonyl (C=O) groups excluding carboxylic acids is 2. The first-order valence-electron chi connectivity index (χ1n) is 9.53. The van der Waals surface area contributed by atoms with Crippen LogP contribution in [0, 0.1) is 5.82 Å². The van der Waals surface area contributed by atoms with E-state index in [1.54, 1.807) is 36.6 Å². The van der Waals surface area contributed by atoms with Crippen molar-refractivity contribution < 1.29 is 18.7 Å². The summed E-state index contributed by atoms with van der Waals surface area (Å²) in [7, 11) is 0. The molecule has 0 aliphatic carbocycles. The number of hydrogen-bond donors (Lipinski definition) is 1. The maximum atomic E-state index is 13.3. The summed E-state index contributed by atoms with van der Waals surface area (Å²) in [5.41, 5.74) is 2.11. The van der Waals surface area contributed by atoms with Crippen LogP contribution in [-0.2, 0) is 16.1 Å². The van der Waals surface area contributed by atoms with Gasteiger partial charge >= 0.3 is 5.97 Å². The molecule has 0 radical (unpaired) electrons. The van der Waals surface area contributed by atoms with Gasteiger partial charge in [0.15, 0.2) is 0 Å². The van der Waals surface area contributed by atoms with Gasteiger partial charge in [0, 0.05) is 17.4 Å². The zero-order valence-electron chi connectivity index (χ0n) is 17.3. The predicted molar refractivity (Wildman–Crippen MR) is 110 cm³/mol. The van der Waals surface area contributed by atoms with Crippen LogP contribution in [0.1, 0.15) is 45.1 Å². The molecule has 0 aliphatic heterocycles. The van der Waals surface area contributed by atoms with E-state index >= 15 is 0 Å². The van der Waals surface area contributed by atoms with E-state index in [-0.39, 0.29) is 29.9 Å². The average molecular weight is 399 g/mol. The van der Waals surface area contributed by atoms with Crippen molar-refractivity contribution in [1.82, 2.24) is 14.5 Å². The molecule has 2 aromatic heterocycles.